The van der Waals surface area contributed by atoms with Gasteiger partial charge in [-0.05, 0) is 38.1 Å². The Kier molecular flexibility index (Phi) is 11.3. The number of hydrogen-bond acceptors (Lipinski definition) is 4. The molecule has 0 bridgehead atoms. The topological polar surface area (TPSA) is 50.8 Å². The summed E-state index contributed by atoms with van der Waals surface area (Å²) in [4.78, 5) is 14.1. The monoisotopic (exact) mass is 344 g/mol. The van der Waals surface area contributed by atoms with E-state index in [9.17, 15) is 4.79 Å². The van der Waals surface area contributed by atoms with E-state index in [-0.39, 0.29) is 18.3 Å². The SMILES string of the molecule is CCCOc1ccc(C(=O)N(C)CCNC)cc1OCCC.Cl. The molecule has 0 unspecified atom stereocenters. The molecule has 0 aliphatic rings. The van der Waals surface area contributed by atoms with E-state index >= 15 is 0 Å². The lowest BCUT2D eigenvalue weighted by atomic mass is 10.1. The summed E-state index contributed by atoms with van der Waals surface area (Å²) in [7, 11) is 3.67. The summed E-state index contributed by atoms with van der Waals surface area (Å²) in [6.45, 7) is 6.77. The maximum Gasteiger partial charge on any atom is 0.253 e. The molecule has 1 aromatic carbocycles. The van der Waals surface area contributed by atoms with Crippen molar-refractivity contribution in [2.75, 3.05) is 40.4 Å². The molecule has 0 saturated heterocycles. The fraction of sp³-hybridized carbons (Fsp3) is 0.588. The molecule has 0 aromatic heterocycles. The van der Waals surface area contributed by atoms with E-state index in [1.54, 1.807) is 24.1 Å². The molecule has 5 nitrogen and oxygen atoms in total. The molecule has 1 aromatic rings. The Bertz CT molecular complexity index is 469. The Morgan fingerprint density at radius 2 is 1.74 bits per heavy atom. The minimum Gasteiger partial charge on any atom is -0.490 e. The summed E-state index contributed by atoms with van der Waals surface area (Å²) in [5, 5.41) is 3.04. The molecule has 0 aliphatic heterocycles. The van der Waals surface area contributed by atoms with Crippen molar-refractivity contribution in [2.24, 2.45) is 0 Å². The van der Waals surface area contributed by atoms with Gasteiger partial charge in [0, 0.05) is 25.7 Å². The van der Waals surface area contributed by atoms with Crippen LogP contribution in [0.5, 0.6) is 11.5 Å². The Hall–Kier alpha value is -1.46. The van der Waals surface area contributed by atoms with E-state index in [1.165, 1.54) is 0 Å². The molecule has 1 amide bonds. The summed E-state index contributed by atoms with van der Waals surface area (Å²) < 4.78 is 11.4. The second-order valence-corrected chi connectivity index (χ2v) is 5.19. The van der Waals surface area contributed by atoms with Crippen molar-refractivity contribution in [3.63, 3.8) is 0 Å². The molecule has 0 saturated carbocycles. The van der Waals surface area contributed by atoms with Crippen LogP contribution in [0.15, 0.2) is 18.2 Å². The maximum absolute atomic E-state index is 12.4. The van der Waals surface area contributed by atoms with Gasteiger partial charge in [-0.15, -0.1) is 12.4 Å². The molecule has 1 N–H and O–H groups in total. The van der Waals surface area contributed by atoms with Crippen molar-refractivity contribution in [3.05, 3.63) is 23.8 Å². The number of nitrogens with one attached hydrogen (secondary N) is 1. The lowest BCUT2D eigenvalue weighted by molar-refractivity contribution is 0.0796. The summed E-state index contributed by atoms with van der Waals surface area (Å²) >= 11 is 0. The number of nitrogens with zero attached hydrogens (tertiary/aromatic N) is 1. The van der Waals surface area contributed by atoms with E-state index in [0.717, 1.165) is 19.4 Å². The fourth-order valence-electron chi connectivity index (χ4n) is 1.90. The third kappa shape index (κ3) is 7.10. The average molecular weight is 345 g/mol. The van der Waals surface area contributed by atoms with E-state index in [1.807, 2.05) is 20.0 Å². The summed E-state index contributed by atoms with van der Waals surface area (Å²) in [5.41, 5.74) is 0.619. The lowest BCUT2D eigenvalue weighted by Crippen LogP contribution is -2.32. The van der Waals surface area contributed by atoms with E-state index < -0.39 is 0 Å². The standard InChI is InChI=1S/C17H28N2O3.ClH/c1-5-11-21-15-8-7-14(13-16(15)22-12-6-2)17(20)19(4)10-9-18-3;/h7-8,13,18H,5-6,9-12H2,1-4H3;1H. The number of halogens is 1. The molecule has 0 fully saturated rings. The van der Waals surface area contributed by atoms with E-state index in [0.29, 0.717) is 36.8 Å². The van der Waals surface area contributed by atoms with Gasteiger partial charge in [0.25, 0.3) is 5.91 Å². The largest absolute Gasteiger partial charge is 0.490 e. The van der Waals surface area contributed by atoms with Crippen LogP contribution in [0, 0.1) is 0 Å². The van der Waals surface area contributed by atoms with Crippen molar-refractivity contribution in [3.8, 4) is 11.5 Å². The first-order chi connectivity index (χ1) is 10.6. The zero-order valence-electron chi connectivity index (χ0n) is 14.6. The first-order valence-electron chi connectivity index (χ1n) is 7.93. The van der Waals surface area contributed by atoms with Crippen LogP contribution in [0.25, 0.3) is 0 Å². The molecule has 23 heavy (non-hydrogen) atoms. The van der Waals surface area contributed by atoms with Crippen molar-refractivity contribution in [1.29, 1.82) is 0 Å². The molecule has 6 heteroatoms. The maximum atomic E-state index is 12.4. The molecule has 0 heterocycles. The first kappa shape index (κ1) is 21.5. The van der Waals surface area contributed by atoms with Crippen molar-refractivity contribution in [2.45, 2.75) is 26.7 Å². The van der Waals surface area contributed by atoms with E-state index in [4.69, 9.17) is 9.47 Å². The van der Waals surface area contributed by atoms with Gasteiger partial charge in [-0.25, -0.2) is 0 Å². The van der Waals surface area contributed by atoms with Gasteiger partial charge in [-0.1, -0.05) is 13.8 Å². The van der Waals surface area contributed by atoms with Crippen LogP contribution in [0.1, 0.15) is 37.0 Å². The predicted molar refractivity (Wildman–Crippen MR) is 96.1 cm³/mol. The highest BCUT2D eigenvalue weighted by molar-refractivity contribution is 5.94. The second-order valence-electron chi connectivity index (χ2n) is 5.19. The highest BCUT2D eigenvalue weighted by Crippen LogP contribution is 2.29. The van der Waals surface area contributed by atoms with Crippen molar-refractivity contribution >= 4 is 18.3 Å². The Morgan fingerprint density at radius 3 is 2.30 bits per heavy atom. The van der Waals surface area contributed by atoms with Crippen LogP contribution in [-0.2, 0) is 0 Å². The van der Waals surface area contributed by atoms with Gasteiger partial charge < -0.3 is 19.7 Å². The van der Waals surface area contributed by atoms with Gasteiger partial charge >= 0.3 is 0 Å². The minimum absolute atomic E-state index is 0. The van der Waals surface area contributed by atoms with Gasteiger partial charge in [0.1, 0.15) is 0 Å². The highest BCUT2D eigenvalue weighted by Gasteiger charge is 2.15. The normalized spacial score (nSPS) is 9.91. The zero-order valence-corrected chi connectivity index (χ0v) is 15.4. The quantitative estimate of drug-likeness (QED) is 0.709. The van der Waals surface area contributed by atoms with Crippen molar-refractivity contribution < 1.29 is 14.3 Å². The number of carbonyl (C=O) groups excluding carboxylic acids is 1. The highest BCUT2D eigenvalue weighted by atomic mass is 35.5. The number of likely N-dealkylation sites (N-methyl/N-ethyl adjacent to an activating group) is 2. The fourth-order valence-corrected chi connectivity index (χ4v) is 1.90. The molecule has 0 atom stereocenters. The molecule has 0 aliphatic carbocycles. The van der Waals surface area contributed by atoms with Crippen LogP contribution in [0.2, 0.25) is 0 Å². The van der Waals surface area contributed by atoms with Crippen LogP contribution < -0.4 is 14.8 Å². The molecule has 1 rings (SSSR count). The number of rotatable bonds is 10. The summed E-state index contributed by atoms with van der Waals surface area (Å²) in [5.74, 6) is 1.33. The third-order valence-electron chi connectivity index (χ3n) is 3.16. The number of benzene rings is 1. The van der Waals surface area contributed by atoms with Crippen LogP contribution in [0.4, 0.5) is 0 Å². The van der Waals surface area contributed by atoms with Crippen LogP contribution in [-0.4, -0.2) is 51.2 Å². The molecular formula is C17H29ClN2O3. The van der Waals surface area contributed by atoms with Crippen LogP contribution in [0.3, 0.4) is 0 Å². The van der Waals surface area contributed by atoms with Gasteiger partial charge in [0.2, 0.25) is 0 Å². The van der Waals surface area contributed by atoms with Gasteiger partial charge in [-0.3, -0.25) is 4.79 Å². The summed E-state index contributed by atoms with van der Waals surface area (Å²) in [6, 6.07) is 5.39. The second kappa shape index (κ2) is 12.0. The van der Waals surface area contributed by atoms with Crippen molar-refractivity contribution in [1.82, 2.24) is 10.2 Å². The Labute approximate surface area is 145 Å². The number of amides is 1. The molecule has 0 radical (unpaired) electrons. The molecular weight excluding hydrogens is 316 g/mol. The minimum atomic E-state index is -0.0151. The molecule has 132 valence electrons. The zero-order chi connectivity index (χ0) is 16.4. The Balaban J connectivity index is 0.00000484. The average Bonchev–Trinajstić information content (AvgIpc) is 2.55. The predicted octanol–water partition coefficient (Wildman–Crippen LogP) is 2.98. The lowest BCUT2D eigenvalue weighted by Gasteiger charge is -2.18. The van der Waals surface area contributed by atoms with Gasteiger partial charge in [0.05, 0.1) is 13.2 Å². The van der Waals surface area contributed by atoms with Crippen LogP contribution >= 0.6 is 12.4 Å². The third-order valence-corrected chi connectivity index (χ3v) is 3.16. The summed E-state index contributed by atoms with van der Waals surface area (Å²) in [6.07, 6.45) is 1.84. The number of hydrogen-bond donors (Lipinski definition) is 1. The number of carbonyl (C=O) groups is 1. The Morgan fingerprint density at radius 1 is 1.13 bits per heavy atom. The van der Waals surface area contributed by atoms with Gasteiger partial charge in [0.15, 0.2) is 11.5 Å². The molecule has 0 spiro atoms. The smallest absolute Gasteiger partial charge is 0.253 e. The van der Waals surface area contributed by atoms with Gasteiger partial charge in [-0.2, -0.15) is 0 Å². The van der Waals surface area contributed by atoms with E-state index in [2.05, 4.69) is 12.2 Å². The first-order valence-corrected chi connectivity index (χ1v) is 7.93. The number of ether oxygens (including phenoxy) is 2.